The Morgan fingerprint density at radius 1 is 0.900 bits per heavy atom. The number of amides is 2. The van der Waals surface area contributed by atoms with Gasteiger partial charge in [0.05, 0.1) is 25.5 Å². The molecule has 0 atom stereocenters. The second kappa shape index (κ2) is 9.92. The summed E-state index contributed by atoms with van der Waals surface area (Å²) in [5.41, 5.74) is 1.39. The van der Waals surface area contributed by atoms with E-state index in [0.29, 0.717) is 34.2 Å². The number of hydrogen-bond donors (Lipinski definition) is 2. The van der Waals surface area contributed by atoms with E-state index in [1.807, 2.05) is 6.07 Å². The molecule has 1 aromatic heterocycles. The molecule has 1 heterocycles. The van der Waals surface area contributed by atoms with Crippen LogP contribution in [0.5, 0.6) is 17.2 Å². The number of pyridine rings is 1. The maximum absolute atomic E-state index is 12.3. The Hall–Kier alpha value is -4.07. The van der Waals surface area contributed by atoms with Crippen molar-refractivity contribution in [3.8, 4) is 17.2 Å². The van der Waals surface area contributed by atoms with E-state index in [1.54, 1.807) is 54.7 Å². The Morgan fingerprint density at radius 3 is 2.37 bits per heavy atom. The van der Waals surface area contributed by atoms with Gasteiger partial charge in [-0.1, -0.05) is 12.1 Å². The van der Waals surface area contributed by atoms with E-state index in [0.717, 1.165) is 0 Å². The lowest BCUT2D eigenvalue weighted by molar-refractivity contribution is -0.118. The minimum atomic E-state index is -0.352. The Balaban J connectivity index is 1.62. The summed E-state index contributed by atoms with van der Waals surface area (Å²) in [6, 6.07) is 15.3. The average molecular weight is 407 g/mol. The molecule has 30 heavy (non-hydrogen) atoms. The molecule has 0 aliphatic heterocycles. The monoisotopic (exact) mass is 407 g/mol. The summed E-state index contributed by atoms with van der Waals surface area (Å²) < 4.78 is 16.0. The first-order chi connectivity index (χ1) is 14.6. The molecule has 0 bridgehead atoms. The zero-order valence-electron chi connectivity index (χ0n) is 16.5. The summed E-state index contributed by atoms with van der Waals surface area (Å²) >= 11 is 0. The van der Waals surface area contributed by atoms with Gasteiger partial charge in [-0.2, -0.15) is 0 Å². The van der Waals surface area contributed by atoms with Crippen molar-refractivity contribution in [3.05, 3.63) is 72.6 Å². The molecule has 8 nitrogen and oxygen atoms in total. The molecule has 8 heteroatoms. The maximum atomic E-state index is 12.3. The van der Waals surface area contributed by atoms with Crippen molar-refractivity contribution in [2.24, 2.45) is 0 Å². The van der Waals surface area contributed by atoms with E-state index < -0.39 is 0 Å². The van der Waals surface area contributed by atoms with Crippen molar-refractivity contribution in [1.82, 2.24) is 4.98 Å². The molecule has 0 aliphatic rings. The number of para-hydroxylation sites is 2. The van der Waals surface area contributed by atoms with Crippen LogP contribution < -0.4 is 24.8 Å². The molecule has 0 spiro atoms. The van der Waals surface area contributed by atoms with Crippen LogP contribution in [0.15, 0.2) is 67.0 Å². The molecule has 0 saturated heterocycles. The number of benzene rings is 2. The number of methoxy groups -OCH3 is 2. The minimum absolute atomic E-state index is 0.192. The second-order valence-electron chi connectivity index (χ2n) is 6.10. The van der Waals surface area contributed by atoms with Crippen LogP contribution in [0.2, 0.25) is 0 Å². The molecule has 0 aliphatic carbocycles. The lowest BCUT2D eigenvalue weighted by Crippen LogP contribution is -2.20. The van der Waals surface area contributed by atoms with Crippen LogP contribution in [-0.4, -0.2) is 37.6 Å². The second-order valence-corrected chi connectivity index (χ2v) is 6.10. The summed E-state index contributed by atoms with van der Waals surface area (Å²) in [5.74, 6) is 0.746. The summed E-state index contributed by atoms with van der Waals surface area (Å²) in [6.45, 7) is -0.192. The van der Waals surface area contributed by atoms with Crippen LogP contribution in [0.1, 0.15) is 10.4 Å². The molecular formula is C22H21N3O5. The van der Waals surface area contributed by atoms with Crippen LogP contribution in [0.25, 0.3) is 0 Å². The first-order valence-electron chi connectivity index (χ1n) is 9.06. The number of anilines is 2. The average Bonchev–Trinajstić information content (AvgIpc) is 2.79. The molecule has 3 rings (SSSR count). The van der Waals surface area contributed by atoms with Crippen LogP contribution in [0, 0.1) is 0 Å². The van der Waals surface area contributed by atoms with Gasteiger partial charge in [0, 0.05) is 24.1 Å². The van der Waals surface area contributed by atoms with Gasteiger partial charge in [0.1, 0.15) is 5.75 Å². The summed E-state index contributed by atoms with van der Waals surface area (Å²) in [7, 11) is 3.01. The molecule has 0 radical (unpaired) electrons. The number of rotatable bonds is 8. The number of nitrogens with one attached hydrogen (secondary N) is 2. The van der Waals surface area contributed by atoms with Gasteiger partial charge in [0.25, 0.3) is 11.8 Å². The summed E-state index contributed by atoms with van der Waals surface area (Å²) in [5, 5.41) is 5.49. The molecule has 2 aromatic carbocycles. The first-order valence-corrected chi connectivity index (χ1v) is 9.06. The first kappa shape index (κ1) is 20.7. The zero-order chi connectivity index (χ0) is 21.3. The number of nitrogens with zero attached hydrogens (tertiary/aromatic N) is 1. The number of aromatic nitrogens is 1. The van der Waals surface area contributed by atoms with Crippen molar-refractivity contribution in [1.29, 1.82) is 0 Å². The molecule has 0 fully saturated rings. The van der Waals surface area contributed by atoms with Crippen molar-refractivity contribution in [3.63, 3.8) is 0 Å². The summed E-state index contributed by atoms with van der Waals surface area (Å²) in [4.78, 5) is 28.5. The van der Waals surface area contributed by atoms with E-state index in [1.165, 1.54) is 20.4 Å². The quantitative estimate of drug-likeness (QED) is 0.594. The fraction of sp³-hybridized carbons (Fsp3) is 0.136. The Bertz CT molecular complexity index is 1020. The Morgan fingerprint density at radius 2 is 1.67 bits per heavy atom. The SMILES string of the molecule is COc1cc(NC(=O)COc2ccccc2OC)ccc1NC(=O)c1cccnc1. The standard InChI is InChI=1S/C22H21N3O5/c1-28-18-7-3-4-8-19(18)30-14-21(26)24-16-9-10-17(20(12-16)29-2)25-22(27)15-6-5-11-23-13-15/h3-13H,14H2,1-2H3,(H,24,26)(H,25,27). The molecule has 2 amide bonds. The lowest BCUT2D eigenvalue weighted by Gasteiger charge is -2.13. The van der Waals surface area contributed by atoms with Gasteiger partial charge in [-0.25, -0.2) is 0 Å². The Kier molecular flexibility index (Phi) is 6.83. The van der Waals surface area contributed by atoms with Gasteiger partial charge in [-0.3, -0.25) is 14.6 Å². The summed E-state index contributed by atoms with van der Waals surface area (Å²) in [6.07, 6.45) is 3.06. The Labute approximate surface area is 173 Å². The van der Waals surface area contributed by atoms with Crippen LogP contribution in [-0.2, 0) is 4.79 Å². The highest BCUT2D eigenvalue weighted by Gasteiger charge is 2.12. The lowest BCUT2D eigenvalue weighted by atomic mass is 10.2. The van der Waals surface area contributed by atoms with Gasteiger partial charge in [-0.15, -0.1) is 0 Å². The zero-order valence-corrected chi connectivity index (χ0v) is 16.5. The normalized spacial score (nSPS) is 10.1. The van der Waals surface area contributed by atoms with E-state index in [9.17, 15) is 9.59 Å². The largest absolute Gasteiger partial charge is 0.494 e. The number of hydrogen-bond acceptors (Lipinski definition) is 6. The highest BCUT2D eigenvalue weighted by atomic mass is 16.5. The van der Waals surface area contributed by atoms with Crippen molar-refractivity contribution < 1.29 is 23.8 Å². The fourth-order valence-electron chi connectivity index (χ4n) is 2.64. The highest BCUT2D eigenvalue weighted by molar-refractivity contribution is 6.05. The van der Waals surface area contributed by atoms with Crippen LogP contribution >= 0.6 is 0 Å². The van der Waals surface area contributed by atoms with Crippen molar-refractivity contribution in [2.45, 2.75) is 0 Å². The number of ether oxygens (including phenoxy) is 3. The van der Waals surface area contributed by atoms with Crippen LogP contribution in [0.4, 0.5) is 11.4 Å². The topological polar surface area (TPSA) is 98.8 Å². The predicted octanol–water partition coefficient (Wildman–Crippen LogP) is 3.37. The van der Waals surface area contributed by atoms with Crippen LogP contribution in [0.3, 0.4) is 0 Å². The third-order valence-corrected chi connectivity index (χ3v) is 4.09. The number of carbonyl (C=O) groups excluding carboxylic acids is 2. The maximum Gasteiger partial charge on any atom is 0.262 e. The number of carbonyl (C=O) groups is 2. The molecular weight excluding hydrogens is 386 g/mol. The fourth-order valence-corrected chi connectivity index (χ4v) is 2.64. The van der Waals surface area contributed by atoms with Gasteiger partial charge in [0.15, 0.2) is 18.1 Å². The van der Waals surface area contributed by atoms with Gasteiger partial charge in [-0.05, 0) is 36.4 Å². The third-order valence-electron chi connectivity index (χ3n) is 4.09. The van der Waals surface area contributed by atoms with E-state index in [2.05, 4.69) is 15.6 Å². The molecule has 0 unspecified atom stereocenters. The van der Waals surface area contributed by atoms with Crippen molar-refractivity contribution in [2.75, 3.05) is 31.5 Å². The van der Waals surface area contributed by atoms with E-state index in [-0.39, 0.29) is 18.4 Å². The van der Waals surface area contributed by atoms with E-state index in [4.69, 9.17) is 14.2 Å². The smallest absolute Gasteiger partial charge is 0.262 e. The van der Waals surface area contributed by atoms with Gasteiger partial charge in [0.2, 0.25) is 0 Å². The molecule has 2 N–H and O–H groups in total. The molecule has 0 saturated carbocycles. The predicted molar refractivity (Wildman–Crippen MR) is 112 cm³/mol. The highest BCUT2D eigenvalue weighted by Crippen LogP contribution is 2.29. The van der Waals surface area contributed by atoms with Crippen molar-refractivity contribution >= 4 is 23.2 Å². The molecule has 154 valence electrons. The van der Waals surface area contributed by atoms with Gasteiger partial charge < -0.3 is 24.8 Å². The third kappa shape index (κ3) is 5.26. The minimum Gasteiger partial charge on any atom is -0.494 e. The van der Waals surface area contributed by atoms with E-state index >= 15 is 0 Å². The van der Waals surface area contributed by atoms with Gasteiger partial charge >= 0.3 is 0 Å². The molecule has 3 aromatic rings.